The number of allylic oxidation sites excluding steroid dienone is 10. The van der Waals surface area contributed by atoms with E-state index in [2.05, 4.69) is 65.9 Å². The van der Waals surface area contributed by atoms with Crippen molar-refractivity contribution in [3.05, 3.63) is 102 Å². The molecule has 0 spiro atoms. The van der Waals surface area contributed by atoms with Crippen LogP contribution in [0.25, 0.3) is 12.3 Å². The molecule has 1 aromatic heterocycles. The number of nitrogens with one attached hydrogen (secondary N) is 1. The van der Waals surface area contributed by atoms with Gasteiger partial charge in [-0.05, 0) is 50.0 Å². The van der Waals surface area contributed by atoms with Crippen molar-refractivity contribution in [1.82, 2.24) is 19.8 Å². The molecule has 0 radical (unpaired) electrons. The molecule has 172 valence electrons. The fraction of sp³-hybridized carbons (Fsp3) is 0.276. The summed E-state index contributed by atoms with van der Waals surface area (Å²) in [6.07, 6.45) is 19.4. The molecule has 0 unspecified atom stereocenters. The average molecular weight is 441 g/mol. The van der Waals surface area contributed by atoms with E-state index >= 15 is 0 Å². The van der Waals surface area contributed by atoms with Crippen molar-refractivity contribution in [2.45, 2.75) is 20.8 Å². The monoisotopic (exact) mass is 440 g/mol. The summed E-state index contributed by atoms with van der Waals surface area (Å²) in [7, 11) is 0. The third-order valence-electron chi connectivity index (χ3n) is 5.28. The Hall–Kier alpha value is -3.39. The minimum atomic E-state index is 0.789. The van der Waals surface area contributed by atoms with Crippen LogP contribution in [0.15, 0.2) is 90.8 Å². The maximum atomic E-state index is 4.40. The quantitative estimate of drug-likeness (QED) is 0.413. The van der Waals surface area contributed by atoms with Crippen LogP contribution in [-0.2, 0) is 0 Å². The van der Waals surface area contributed by atoms with E-state index in [9.17, 15) is 0 Å². The van der Waals surface area contributed by atoms with Gasteiger partial charge in [0.1, 0.15) is 11.5 Å². The van der Waals surface area contributed by atoms with Gasteiger partial charge in [-0.3, -0.25) is 9.47 Å². The Labute approximate surface area is 199 Å². The lowest BCUT2D eigenvalue weighted by molar-refractivity contribution is 0.259. The van der Waals surface area contributed by atoms with Gasteiger partial charge in [0.05, 0.1) is 6.20 Å². The Bertz CT molecular complexity index is 1050. The van der Waals surface area contributed by atoms with Crippen LogP contribution >= 0.6 is 0 Å². The predicted octanol–water partition coefficient (Wildman–Crippen LogP) is 5.39. The molecule has 0 bridgehead atoms. The molecule has 1 aliphatic rings. The van der Waals surface area contributed by atoms with Gasteiger partial charge in [0.2, 0.25) is 0 Å². The molecule has 0 aromatic carbocycles. The van der Waals surface area contributed by atoms with E-state index in [1.165, 1.54) is 5.57 Å². The molecule has 0 amide bonds. The number of rotatable bonds is 9. The van der Waals surface area contributed by atoms with E-state index in [0.717, 1.165) is 61.0 Å². The van der Waals surface area contributed by atoms with Crippen molar-refractivity contribution >= 4 is 12.3 Å². The summed E-state index contributed by atoms with van der Waals surface area (Å²) in [5.41, 5.74) is 4.99. The minimum Gasteiger partial charge on any atom is -0.314 e. The molecule has 1 aromatic rings. The van der Waals surface area contributed by atoms with E-state index in [1.54, 1.807) is 12.4 Å². The van der Waals surface area contributed by atoms with Gasteiger partial charge in [0.15, 0.2) is 0 Å². The van der Waals surface area contributed by atoms with E-state index in [4.69, 9.17) is 0 Å². The molecule has 1 fully saturated rings. The Morgan fingerprint density at radius 3 is 2.45 bits per heavy atom. The lowest BCUT2D eigenvalue weighted by Crippen LogP contribution is -2.43. The van der Waals surface area contributed by atoms with Gasteiger partial charge in [-0.2, -0.15) is 0 Å². The first-order valence-electron chi connectivity index (χ1n) is 11.3. The van der Waals surface area contributed by atoms with Gasteiger partial charge >= 0.3 is 0 Å². The summed E-state index contributed by atoms with van der Waals surface area (Å²) < 4.78 is 1.87. The Balaban J connectivity index is 2.24. The number of aromatic nitrogens is 2. The van der Waals surface area contributed by atoms with E-state index < -0.39 is 0 Å². The second-order valence-electron chi connectivity index (χ2n) is 7.72. The van der Waals surface area contributed by atoms with Crippen LogP contribution in [0.5, 0.6) is 0 Å². The normalized spacial score (nSPS) is 16.5. The van der Waals surface area contributed by atoms with Gasteiger partial charge in [0.25, 0.3) is 0 Å². The summed E-state index contributed by atoms with van der Waals surface area (Å²) in [6, 6.07) is 0. The number of imidazole rings is 1. The summed E-state index contributed by atoms with van der Waals surface area (Å²) >= 11 is 0. The van der Waals surface area contributed by atoms with Crippen LogP contribution in [0.2, 0.25) is 0 Å². The van der Waals surface area contributed by atoms with E-state index in [-0.39, 0.29) is 0 Å². The first kappa shape index (κ1) is 25.9. The summed E-state index contributed by atoms with van der Waals surface area (Å²) in [6.45, 7) is 23.3. The third kappa shape index (κ3) is 7.91. The van der Waals surface area contributed by atoms with Crippen molar-refractivity contribution in [3.63, 3.8) is 0 Å². The van der Waals surface area contributed by atoms with Gasteiger partial charge < -0.3 is 5.32 Å². The molecule has 4 nitrogen and oxygen atoms in total. The molecule has 1 saturated heterocycles. The Morgan fingerprint density at radius 2 is 1.85 bits per heavy atom. The van der Waals surface area contributed by atoms with Crippen molar-refractivity contribution in [1.29, 1.82) is 0 Å². The van der Waals surface area contributed by atoms with Gasteiger partial charge in [-0.25, -0.2) is 4.98 Å². The Kier molecular flexibility index (Phi) is 10.9. The lowest BCUT2D eigenvalue weighted by atomic mass is 10.0. The number of hydrogen-bond donors (Lipinski definition) is 1. The highest BCUT2D eigenvalue weighted by Gasteiger charge is 2.09. The maximum absolute atomic E-state index is 4.40. The number of hydrogen-bond acceptors (Lipinski definition) is 3. The highest BCUT2D eigenvalue weighted by Crippen LogP contribution is 2.16. The van der Waals surface area contributed by atoms with Crippen LogP contribution in [0, 0.1) is 11.8 Å². The van der Waals surface area contributed by atoms with E-state index in [1.807, 2.05) is 54.9 Å². The van der Waals surface area contributed by atoms with Crippen molar-refractivity contribution < 1.29 is 0 Å². The first-order valence-corrected chi connectivity index (χ1v) is 11.3. The molecule has 4 heteroatoms. The SMILES string of the molecule is C=CC(=C\C=C(/C)CN1CCNCC1)/C(C=C)=C/C(C#Cc1cnc(/C=C\C)n1C=C)=C\C. The number of nitrogens with zero attached hydrogens (tertiary/aromatic N) is 3. The zero-order valence-corrected chi connectivity index (χ0v) is 20.3. The topological polar surface area (TPSA) is 33.1 Å². The van der Waals surface area contributed by atoms with Crippen LogP contribution < -0.4 is 5.32 Å². The van der Waals surface area contributed by atoms with Gasteiger partial charge in [0, 0.05) is 44.5 Å². The van der Waals surface area contributed by atoms with E-state index in [0.29, 0.717) is 0 Å². The molecular weight excluding hydrogens is 404 g/mol. The largest absolute Gasteiger partial charge is 0.314 e. The third-order valence-corrected chi connectivity index (χ3v) is 5.28. The molecule has 1 N–H and O–H groups in total. The summed E-state index contributed by atoms with van der Waals surface area (Å²) in [4.78, 5) is 6.87. The molecule has 2 heterocycles. The Morgan fingerprint density at radius 1 is 1.12 bits per heavy atom. The molecule has 33 heavy (non-hydrogen) atoms. The predicted molar refractivity (Wildman–Crippen MR) is 144 cm³/mol. The zero-order chi connectivity index (χ0) is 24.1. The second-order valence-corrected chi connectivity index (χ2v) is 7.72. The average Bonchev–Trinajstić information content (AvgIpc) is 3.22. The maximum Gasteiger partial charge on any atom is 0.137 e. The van der Waals surface area contributed by atoms with Crippen LogP contribution in [-0.4, -0.2) is 47.2 Å². The molecule has 1 aliphatic heterocycles. The van der Waals surface area contributed by atoms with Crippen molar-refractivity contribution in [2.75, 3.05) is 32.7 Å². The van der Waals surface area contributed by atoms with Crippen LogP contribution in [0.4, 0.5) is 0 Å². The molecule has 2 rings (SSSR count). The molecule has 0 saturated carbocycles. The fourth-order valence-corrected chi connectivity index (χ4v) is 3.48. The number of piperazine rings is 1. The van der Waals surface area contributed by atoms with Gasteiger partial charge in [-0.15, -0.1) is 0 Å². The molecule has 0 atom stereocenters. The smallest absolute Gasteiger partial charge is 0.137 e. The van der Waals surface area contributed by atoms with Gasteiger partial charge in [-0.1, -0.05) is 67.7 Å². The minimum absolute atomic E-state index is 0.789. The molecular formula is C29H36N4. The fourth-order valence-electron chi connectivity index (χ4n) is 3.48. The van der Waals surface area contributed by atoms with Crippen molar-refractivity contribution in [2.24, 2.45) is 0 Å². The second kappa shape index (κ2) is 13.9. The molecule has 0 aliphatic carbocycles. The first-order chi connectivity index (χ1) is 16.1. The summed E-state index contributed by atoms with van der Waals surface area (Å²) in [5.74, 6) is 7.26. The van der Waals surface area contributed by atoms with Crippen LogP contribution in [0.1, 0.15) is 32.3 Å². The van der Waals surface area contributed by atoms with Crippen LogP contribution in [0.3, 0.4) is 0 Å². The van der Waals surface area contributed by atoms with Crippen molar-refractivity contribution in [3.8, 4) is 11.8 Å². The highest BCUT2D eigenvalue weighted by atomic mass is 15.2. The standard InChI is InChI=1S/C29H36N4/c1-7-12-29-31-22-28(33(29)11-5)16-14-25(8-2)21-27(10-4)26(9-3)15-13-24(6)23-32-19-17-30-18-20-32/h7-13,15,21-22,30H,3-5,17-20,23H2,1-2,6H3/b12-7-,24-13+,25-8-,26-15+,27-21+. The lowest BCUT2D eigenvalue weighted by Gasteiger charge is -2.27. The zero-order valence-electron chi connectivity index (χ0n) is 20.3. The highest BCUT2D eigenvalue weighted by molar-refractivity contribution is 5.55. The summed E-state index contributed by atoms with van der Waals surface area (Å²) in [5, 5.41) is 3.39.